The van der Waals surface area contributed by atoms with Gasteiger partial charge in [0, 0.05) is 23.4 Å². The van der Waals surface area contributed by atoms with Crippen LogP contribution in [0.1, 0.15) is 15.9 Å². The first-order valence-corrected chi connectivity index (χ1v) is 9.48. The van der Waals surface area contributed by atoms with Crippen molar-refractivity contribution in [3.8, 4) is 5.75 Å². The molecule has 3 rings (SSSR count). The Morgan fingerprint density at radius 1 is 0.971 bits per heavy atom. The Labute approximate surface area is 189 Å². The number of hydrogen-bond donors (Lipinski definition) is 2. The van der Waals surface area contributed by atoms with Crippen LogP contribution in [-0.4, -0.2) is 23.3 Å². The first-order valence-electron chi connectivity index (χ1n) is 9.48. The van der Waals surface area contributed by atoms with Gasteiger partial charge in [-0.05, 0) is 48.5 Å². The topological polar surface area (TPSA) is 111 Å². The Bertz CT molecular complexity index is 1230. The lowest BCUT2D eigenvalue weighted by Gasteiger charge is -2.11. The molecule has 0 heterocycles. The van der Waals surface area contributed by atoms with Gasteiger partial charge in [-0.15, -0.1) is 0 Å². The van der Waals surface area contributed by atoms with Crippen molar-refractivity contribution < 1.29 is 36.8 Å². The van der Waals surface area contributed by atoms with Crippen LogP contribution in [-0.2, 0) is 11.0 Å². The Kier molecular flexibility index (Phi) is 7.09. The van der Waals surface area contributed by atoms with E-state index in [4.69, 9.17) is 4.74 Å². The average molecular weight is 477 g/mol. The minimum atomic E-state index is -4.55. The minimum Gasteiger partial charge on any atom is -0.484 e. The van der Waals surface area contributed by atoms with Crippen LogP contribution in [0.15, 0.2) is 66.7 Å². The molecule has 0 unspecified atom stereocenters. The van der Waals surface area contributed by atoms with Crippen LogP contribution < -0.4 is 15.4 Å². The Morgan fingerprint density at radius 2 is 1.68 bits per heavy atom. The van der Waals surface area contributed by atoms with Crippen LogP contribution >= 0.6 is 0 Å². The summed E-state index contributed by atoms with van der Waals surface area (Å²) in [6, 6.07) is 12.1. The largest absolute Gasteiger partial charge is 0.484 e. The maximum Gasteiger partial charge on any atom is 0.416 e. The molecule has 2 N–H and O–H groups in total. The molecule has 34 heavy (non-hydrogen) atoms. The lowest BCUT2D eigenvalue weighted by Crippen LogP contribution is -2.20. The molecule has 176 valence electrons. The molecule has 3 aromatic carbocycles. The third-order valence-electron chi connectivity index (χ3n) is 4.37. The summed E-state index contributed by atoms with van der Waals surface area (Å²) < 4.78 is 57.3. The summed E-state index contributed by atoms with van der Waals surface area (Å²) in [6.45, 7) is -0.513. The van der Waals surface area contributed by atoms with Crippen molar-refractivity contribution in [2.24, 2.45) is 0 Å². The zero-order chi connectivity index (χ0) is 24.9. The fourth-order valence-corrected chi connectivity index (χ4v) is 2.74. The zero-order valence-electron chi connectivity index (χ0n) is 17.1. The van der Waals surface area contributed by atoms with Crippen molar-refractivity contribution in [1.29, 1.82) is 0 Å². The third-order valence-corrected chi connectivity index (χ3v) is 4.37. The van der Waals surface area contributed by atoms with Gasteiger partial charge in [0.25, 0.3) is 17.5 Å². The van der Waals surface area contributed by atoms with E-state index < -0.39 is 46.6 Å². The van der Waals surface area contributed by atoms with E-state index in [1.54, 1.807) is 0 Å². The number of hydrogen-bond acceptors (Lipinski definition) is 5. The molecular formula is C22H15F4N3O5. The average Bonchev–Trinajstić information content (AvgIpc) is 2.79. The van der Waals surface area contributed by atoms with Gasteiger partial charge in [-0.2, -0.15) is 13.2 Å². The van der Waals surface area contributed by atoms with Crippen molar-refractivity contribution in [3.63, 3.8) is 0 Å². The Hall–Kier alpha value is -4.48. The van der Waals surface area contributed by atoms with Crippen LogP contribution in [0.4, 0.5) is 34.6 Å². The standard InChI is InChI=1S/C22H15F4N3O5/c23-18-9-6-16(29(32)33)11-19(18)28-21(31)13-4-7-17(8-5-13)34-12-20(30)27-15-3-1-2-14(10-15)22(24,25)26/h1-11H,12H2,(H,27,30)(H,28,31). The normalized spacial score (nSPS) is 10.9. The highest BCUT2D eigenvalue weighted by molar-refractivity contribution is 6.04. The van der Waals surface area contributed by atoms with E-state index in [9.17, 15) is 37.3 Å². The van der Waals surface area contributed by atoms with Crippen LogP contribution in [0.3, 0.4) is 0 Å². The second-order valence-corrected chi connectivity index (χ2v) is 6.82. The van der Waals surface area contributed by atoms with Crippen LogP contribution in [0.5, 0.6) is 5.75 Å². The van der Waals surface area contributed by atoms with Gasteiger partial charge in [-0.1, -0.05) is 6.07 Å². The van der Waals surface area contributed by atoms with Gasteiger partial charge in [0.1, 0.15) is 11.6 Å². The molecule has 8 nitrogen and oxygen atoms in total. The number of rotatable bonds is 7. The maximum atomic E-state index is 13.8. The predicted octanol–water partition coefficient (Wildman–Crippen LogP) is 5.02. The van der Waals surface area contributed by atoms with E-state index >= 15 is 0 Å². The van der Waals surface area contributed by atoms with Gasteiger partial charge >= 0.3 is 6.18 Å². The molecule has 0 saturated carbocycles. The van der Waals surface area contributed by atoms with Crippen LogP contribution in [0.2, 0.25) is 0 Å². The zero-order valence-corrected chi connectivity index (χ0v) is 17.1. The minimum absolute atomic E-state index is 0.0520. The van der Waals surface area contributed by atoms with E-state index in [1.807, 2.05) is 0 Å². The van der Waals surface area contributed by atoms with Crippen molar-refractivity contribution in [2.75, 3.05) is 17.2 Å². The number of nitrogens with one attached hydrogen (secondary N) is 2. The molecule has 0 aliphatic rings. The molecule has 12 heteroatoms. The number of carbonyl (C=O) groups is 2. The Balaban J connectivity index is 1.57. The van der Waals surface area contributed by atoms with Gasteiger partial charge in [-0.25, -0.2) is 4.39 Å². The number of carbonyl (C=O) groups excluding carboxylic acids is 2. The van der Waals surface area contributed by atoms with Gasteiger partial charge in [0.15, 0.2) is 6.61 Å². The number of ether oxygens (including phenoxy) is 1. The number of nitro benzene ring substituents is 1. The summed E-state index contributed by atoms with van der Waals surface area (Å²) in [6.07, 6.45) is -4.55. The lowest BCUT2D eigenvalue weighted by molar-refractivity contribution is -0.384. The first kappa shape index (κ1) is 24.2. The van der Waals surface area contributed by atoms with Crippen molar-refractivity contribution in [3.05, 3.63) is 93.8 Å². The summed E-state index contributed by atoms with van der Waals surface area (Å²) in [5.41, 5.74) is -1.66. The van der Waals surface area contributed by atoms with E-state index in [1.165, 1.54) is 30.3 Å². The van der Waals surface area contributed by atoms with E-state index in [0.717, 1.165) is 36.4 Å². The number of amides is 2. The lowest BCUT2D eigenvalue weighted by atomic mass is 10.2. The van der Waals surface area contributed by atoms with Gasteiger partial charge in [0.2, 0.25) is 0 Å². The molecule has 2 amide bonds. The van der Waals surface area contributed by atoms with Gasteiger partial charge in [0.05, 0.1) is 16.2 Å². The molecule has 0 spiro atoms. The number of halogens is 4. The van der Waals surface area contributed by atoms with E-state index in [-0.39, 0.29) is 22.7 Å². The third kappa shape index (κ3) is 6.28. The van der Waals surface area contributed by atoms with Crippen LogP contribution in [0, 0.1) is 15.9 Å². The highest BCUT2D eigenvalue weighted by atomic mass is 19.4. The van der Waals surface area contributed by atoms with Crippen molar-refractivity contribution >= 4 is 28.9 Å². The number of non-ortho nitro benzene ring substituents is 1. The molecule has 0 aromatic heterocycles. The Morgan fingerprint density at radius 3 is 2.32 bits per heavy atom. The molecule has 0 bridgehead atoms. The molecule has 0 atom stereocenters. The summed E-state index contributed by atoms with van der Waals surface area (Å²) in [4.78, 5) is 34.3. The quantitative estimate of drug-likeness (QED) is 0.282. The first-order chi connectivity index (χ1) is 16.0. The highest BCUT2D eigenvalue weighted by Crippen LogP contribution is 2.30. The summed E-state index contributed by atoms with van der Waals surface area (Å²) >= 11 is 0. The summed E-state index contributed by atoms with van der Waals surface area (Å²) in [7, 11) is 0. The molecule has 3 aromatic rings. The van der Waals surface area contributed by atoms with Gasteiger partial charge < -0.3 is 15.4 Å². The van der Waals surface area contributed by atoms with E-state index in [0.29, 0.717) is 0 Å². The second-order valence-electron chi connectivity index (χ2n) is 6.82. The van der Waals surface area contributed by atoms with Gasteiger partial charge in [-0.3, -0.25) is 19.7 Å². The smallest absolute Gasteiger partial charge is 0.416 e. The number of anilines is 2. The molecule has 0 radical (unpaired) electrons. The monoisotopic (exact) mass is 477 g/mol. The van der Waals surface area contributed by atoms with Crippen molar-refractivity contribution in [1.82, 2.24) is 0 Å². The number of nitrogens with zero attached hydrogens (tertiary/aromatic N) is 1. The number of benzene rings is 3. The molecular weight excluding hydrogens is 462 g/mol. The summed E-state index contributed by atoms with van der Waals surface area (Å²) in [5.74, 6) is -2.13. The maximum absolute atomic E-state index is 13.8. The van der Waals surface area contributed by atoms with E-state index in [2.05, 4.69) is 10.6 Å². The SMILES string of the molecule is O=C(COc1ccc(C(=O)Nc2cc([N+](=O)[O-])ccc2F)cc1)Nc1cccc(C(F)(F)F)c1. The number of nitro groups is 1. The molecule has 0 aliphatic carbocycles. The molecule has 0 fully saturated rings. The predicted molar refractivity (Wildman–Crippen MR) is 113 cm³/mol. The fourth-order valence-electron chi connectivity index (χ4n) is 2.74. The number of alkyl halides is 3. The second kappa shape index (κ2) is 9.98. The summed E-state index contributed by atoms with van der Waals surface area (Å²) in [5, 5.41) is 15.3. The fraction of sp³-hybridized carbons (Fsp3) is 0.0909. The molecule has 0 saturated heterocycles. The van der Waals surface area contributed by atoms with Crippen LogP contribution in [0.25, 0.3) is 0 Å². The molecule has 0 aliphatic heterocycles. The van der Waals surface area contributed by atoms with Crippen molar-refractivity contribution in [2.45, 2.75) is 6.18 Å². The highest BCUT2D eigenvalue weighted by Gasteiger charge is 2.30.